The van der Waals surface area contributed by atoms with Crippen LogP contribution in [0.5, 0.6) is 0 Å². The number of fused-ring (bicyclic) bond motifs is 1. The van der Waals surface area contributed by atoms with E-state index in [9.17, 15) is 4.79 Å². The van der Waals surface area contributed by atoms with E-state index < -0.39 is 6.03 Å². The maximum Gasteiger partial charge on any atom is 0.312 e. The lowest BCUT2D eigenvalue weighted by molar-refractivity contribution is 0.166. The van der Waals surface area contributed by atoms with Crippen LogP contribution in [0.4, 0.5) is 4.79 Å². The SMILES string of the molecule is CC(NC(N)=O)c1ncc2n1CCN(CC1CCCCC1)C2. The standard InChI is InChI=1S/C16H27N5O/c1-12(19-16(17)22)15-18-9-14-11-20(7-8-21(14)15)10-13-5-3-2-4-6-13/h9,12-13H,2-8,10-11H2,1H3,(H3,17,19,22). The van der Waals surface area contributed by atoms with Crippen molar-refractivity contribution in [2.24, 2.45) is 11.7 Å². The van der Waals surface area contributed by atoms with Gasteiger partial charge in [0.15, 0.2) is 0 Å². The summed E-state index contributed by atoms with van der Waals surface area (Å²) in [5, 5.41) is 2.71. The van der Waals surface area contributed by atoms with Gasteiger partial charge in [-0.3, -0.25) is 4.90 Å². The smallest absolute Gasteiger partial charge is 0.312 e. The summed E-state index contributed by atoms with van der Waals surface area (Å²) in [5.74, 6) is 1.78. The van der Waals surface area contributed by atoms with Crippen LogP contribution in [0.1, 0.15) is 56.6 Å². The Labute approximate surface area is 132 Å². The molecule has 22 heavy (non-hydrogen) atoms. The zero-order valence-electron chi connectivity index (χ0n) is 13.4. The molecule has 0 saturated heterocycles. The van der Waals surface area contributed by atoms with Crippen molar-refractivity contribution in [1.82, 2.24) is 19.8 Å². The highest BCUT2D eigenvalue weighted by molar-refractivity contribution is 5.72. The number of hydrogen-bond acceptors (Lipinski definition) is 3. The Kier molecular flexibility index (Phi) is 4.66. The highest BCUT2D eigenvalue weighted by Gasteiger charge is 2.24. The van der Waals surface area contributed by atoms with Crippen molar-refractivity contribution in [3.8, 4) is 0 Å². The van der Waals surface area contributed by atoms with Gasteiger partial charge in [-0.15, -0.1) is 0 Å². The Hall–Kier alpha value is -1.56. The van der Waals surface area contributed by atoms with Crippen LogP contribution in [0.2, 0.25) is 0 Å². The van der Waals surface area contributed by atoms with Crippen LogP contribution in [0.25, 0.3) is 0 Å². The van der Waals surface area contributed by atoms with Crippen molar-refractivity contribution in [3.05, 3.63) is 17.7 Å². The van der Waals surface area contributed by atoms with Crippen LogP contribution in [0.15, 0.2) is 6.20 Å². The number of rotatable bonds is 4. The fourth-order valence-electron chi connectivity index (χ4n) is 3.88. The summed E-state index contributed by atoms with van der Waals surface area (Å²) in [6.07, 6.45) is 8.94. The van der Waals surface area contributed by atoms with Crippen molar-refractivity contribution in [3.63, 3.8) is 0 Å². The zero-order chi connectivity index (χ0) is 15.5. The predicted molar refractivity (Wildman–Crippen MR) is 85.2 cm³/mol. The molecule has 1 fully saturated rings. The number of hydrogen-bond donors (Lipinski definition) is 2. The van der Waals surface area contributed by atoms with Crippen LogP contribution >= 0.6 is 0 Å². The Balaban J connectivity index is 1.61. The summed E-state index contributed by atoms with van der Waals surface area (Å²) >= 11 is 0. The minimum Gasteiger partial charge on any atom is -0.352 e. The van der Waals surface area contributed by atoms with Gasteiger partial charge in [0.25, 0.3) is 0 Å². The molecule has 122 valence electrons. The van der Waals surface area contributed by atoms with E-state index in [1.165, 1.54) is 44.3 Å². The molecule has 1 aliphatic heterocycles. The molecule has 1 unspecified atom stereocenters. The van der Waals surface area contributed by atoms with Gasteiger partial charge in [0.05, 0.1) is 11.7 Å². The zero-order valence-corrected chi connectivity index (χ0v) is 13.4. The molecule has 1 saturated carbocycles. The Bertz CT molecular complexity index is 521. The van der Waals surface area contributed by atoms with Crippen molar-refractivity contribution in [2.75, 3.05) is 13.1 Å². The molecule has 3 rings (SSSR count). The summed E-state index contributed by atoms with van der Waals surface area (Å²) < 4.78 is 2.23. The van der Waals surface area contributed by atoms with Gasteiger partial charge in [-0.1, -0.05) is 19.3 Å². The molecule has 1 aliphatic carbocycles. The fourth-order valence-corrected chi connectivity index (χ4v) is 3.88. The third-order valence-corrected chi connectivity index (χ3v) is 4.98. The van der Waals surface area contributed by atoms with E-state index >= 15 is 0 Å². The number of nitrogens with zero attached hydrogens (tertiary/aromatic N) is 3. The normalized spacial score (nSPS) is 21.3. The number of carbonyl (C=O) groups is 1. The molecule has 1 atom stereocenters. The van der Waals surface area contributed by atoms with Gasteiger partial charge in [0.1, 0.15) is 5.82 Å². The van der Waals surface area contributed by atoms with E-state index in [1.54, 1.807) is 0 Å². The molecule has 0 aromatic carbocycles. The van der Waals surface area contributed by atoms with Crippen LogP contribution in [-0.2, 0) is 13.1 Å². The molecule has 1 aromatic heterocycles. The van der Waals surface area contributed by atoms with Crippen molar-refractivity contribution >= 4 is 6.03 Å². The minimum atomic E-state index is -0.500. The second kappa shape index (κ2) is 6.69. The van der Waals surface area contributed by atoms with E-state index in [-0.39, 0.29) is 6.04 Å². The molecule has 2 heterocycles. The van der Waals surface area contributed by atoms with Gasteiger partial charge < -0.3 is 15.6 Å². The van der Waals surface area contributed by atoms with E-state index in [0.29, 0.717) is 0 Å². The summed E-state index contributed by atoms with van der Waals surface area (Å²) in [4.78, 5) is 18.1. The number of carbonyl (C=O) groups excluding carboxylic acids is 1. The number of primary amides is 1. The number of imidazole rings is 1. The predicted octanol–water partition coefficient (Wildman–Crippen LogP) is 2.01. The number of nitrogens with one attached hydrogen (secondary N) is 1. The third-order valence-electron chi connectivity index (χ3n) is 4.98. The van der Waals surface area contributed by atoms with Crippen molar-refractivity contribution in [1.29, 1.82) is 0 Å². The molecule has 6 heteroatoms. The number of aromatic nitrogens is 2. The average molecular weight is 305 g/mol. The highest BCUT2D eigenvalue weighted by atomic mass is 16.2. The van der Waals surface area contributed by atoms with Gasteiger partial charge in [-0.25, -0.2) is 9.78 Å². The molecule has 2 aliphatic rings. The molecule has 3 N–H and O–H groups in total. The van der Waals surface area contributed by atoms with Crippen LogP contribution in [0.3, 0.4) is 0 Å². The van der Waals surface area contributed by atoms with E-state index in [1.807, 2.05) is 13.1 Å². The lowest BCUT2D eigenvalue weighted by Crippen LogP contribution is -2.39. The van der Waals surface area contributed by atoms with Gasteiger partial charge >= 0.3 is 6.03 Å². The second-order valence-electron chi connectivity index (χ2n) is 6.73. The summed E-state index contributed by atoms with van der Waals surface area (Å²) in [6, 6.07) is -0.643. The molecule has 2 amide bonds. The molecular formula is C16H27N5O. The number of nitrogens with two attached hydrogens (primary N) is 1. The molecule has 6 nitrogen and oxygen atoms in total. The lowest BCUT2D eigenvalue weighted by Gasteiger charge is -2.33. The first-order valence-electron chi connectivity index (χ1n) is 8.46. The monoisotopic (exact) mass is 305 g/mol. The summed E-state index contributed by atoms with van der Waals surface area (Å²) in [5.41, 5.74) is 6.45. The van der Waals surface area contributed by atoms with E-state index in [4.69, 9.17) is 5.73 Å². The quantitative estimate of drug-likeness (QED) is 0.893. The van der Waals surface area contributed by atoms with Crippen LogP contribution in [-0.4, -0.2) is 33.6 Å². The molecule has 0 spiro atoms. The summed E-state index contributed by atoms with van der Waals surface area (Å²) in [7, 11) is 0. The van der Waals surface area contributed by atoms with Crippen molar-refractivity contribution in [2.45, 2.75) is 58.2 Å². The Morgan fingerprint density at radius 3 is 2.91 bits per heavy atom. The second-order valence-corrected chi connectivity index (χ2v) is 6.73. The molecule has 0 bridgehead atoms. The lowest BCUT2D eigenvalue weighted by atomic mass is 9.89. The first kappa shape index (κ1) is 15.3. The maximum absolute atomic E-state index is 11.0. The molecule has 0 radical (unpaired) electrons. The maximum atomic E-state index is 11.0. The number of amides is 2. The topological polar surface area (TPSA) is 76.2 Å². The Morgan fingerprint density at radius 2 is 2.18 bits per heavy atom. The first-order chi connectivity index (χ1) is 10.6. The van der Waals surface area contributed by atoms with E-state index in [2.05, 4.69) is 19.8 Å². The van der Waals surface area contributed by atoms with Gasteiger partial charge in [0.2, 0.25) is 0 Å². The third kappa shape index (κ3) is 3.43. The largest absolute Gasteiger partial charge is 0.352 e. The van der Waals surface area contributed by atoms with Crippen LogP contribution < -0.4 is 11.1 Å². The Morgan fingerprint density at radius 1 is 1.41 bits per heavy atom. The average Bonchev–Trinajstić information content (AvgIpc) is 2.91. The summed E-state index contributed by atoms with van der Waals surface area (Å²) in [6.45, 7) is 6.12. The minimum absolute atomic E-state index is 0.142. The van der Waals surface area contributed by atoms with Gasteiger partial charge in [-0.05, 0) is 25.7 Å². The first-order valence-corrected chi connectivity index (χ1v) is 8.46. The fraction of sp³-hybridized carbons (Fsp3) is 0.750. The van der Waals surface area contributed by atoms with Gasteiger partial charge in [-0.2, -0.15) is 0 Å². The number of urea groups is 1. The highest BCUT2D eigenvalue weighted by Crippen LogP contribution is 2.26. The van der Waals surface area contributed by atoms with E-state index in [0.717, 1.165) is 31.4 Å². The van der Waals surface area contributed by atoms with Crippen LogP contribution in [0, 0.1) is 5.92 Å². The molecule has 1 aromatic rings. The molecular weight excluding hydrogens is 278 g/mol. The van der Waals surface area contributed by atoms with Crippen molar-refractivity contribution < 1.29 is 4.79 Å². The van der Waals surface area contributed by atoms with Gasteiger partial charge in [0, 0.05) is 32.4 Å².